The standard InChI is InChI=1S/C24H28N4O2/c1-4-30-23-8-6-5-7-21(23)26-13-15-27(16-14-26)24(29)22-17-19(3)25-28(22)20-11-9-18(2)10-12-20/h5-12,17H,4,13-16H2,1-3H3. The predicted octanol–water partition coefficient (Wildman–Crippen LogP) is 3.85. The minimum absolute atomic E-state index is 0.0221. The van der Waals surface area contributed by atoms with Gasteiger partial charge in [0, 0.05) is 26.2 Å². The van der Waals surface area contributed by atoms with Gasteiger partial charge in [-0.25, -0.2) is 4.68 Å². The van der Waals surface area contributed by atoms with E-state index in [0.29, 0.717) is 25.4 Å². The fraction of sp³-hybridized carbons (Fsp3) is 0.333. The topological polar surface area (TPSA) is 50.6 Å². The predicted molar refractivity (Wildman–Crippen MR) is 119 cm³/mol. The molecule has 2 heterocycles. The summed E-state index contributed by atoms with van der Waals surface area (Å²) in [7, 11) is 0. The van der Waals surface area contributed by atoms with Crippen molar-refractivity contribution in [2.75, 3.05) is 37.7 Å². The van der Waals surface area contributed by atoms with Gasteiger partial charge in [0.25, 0.3) is 5.91 Å². The lowest BCUT2D eigenvalue weighted by Crippen LogP contribution is -2.49. The number of ether oxygens (including phenoxy) is 1. The molecule has 4 rings (SSSR count). The van der Waals surface area contributed by atoms with Crippen molar-refractivity contribution in [1.82, 2.24) is 14.7 Å². The fourth-order valence-corrected chi connectivity index (χ4v) is 3.84. The molecule has 0 aliphatic carbocycles. The van der Waals surface area contributed by atoms with Crippen LogP contribution in [-0.4, -0.2) is 53.4 Å². The zero-order valence-corrected chi connectivity index (χ0v) is 17.8. The zero-order valence-electron chi connectivity index (χ0n) is 17.8. The zero-order chi connectivity index (χ0) is 21.1. The molecule has 0 unspecified atom stereocenters. The first-order valence-electron chi connectivity index (χ1n) is 10.5. The lowest BCUT2D eigenvalue weighted by atomic mass is 10.2. The average molecular weight is 405 g/mol. The van der Waals surface area contributed by atoms with E-state index in [1.54, 1.807) is 4.68 Å². The first-order chi connectivity index (χ1) is 14.6. The summed E-state index contributed by atoms with van der Waals surface area (Å²) in [4.78, 5) is 17.5. The van der Waals surface area contributed by atoms with Gasteiger partial charge in [0.15, 0.2) is 0 Å². The third-order valence-corrected chi connectivity index (χ3v) is 5.40. The Morgan fingerprint density at radius 2 is 1.70 bits per heavy atom. The van der Waals surface area contributed by atoms with Gasteiger partial charge in [0.05, 0.1) is 23.7 Å². The molecule has 0 N–H and O–H groups in total. The van der Waals surface area contributed by atoms with Gasteiger partial charge in [0.2, 0.25) is 0 Å². The number of amides is 1. The molecular formula is C24H28N4O2. The van der Waals surface area contributed by atoms with E-state index < -0.39 is 0 Å². The van der Waals surface area contributed by atoms with Crippen LogP contribution in [0.15, 0.2) is 54.6 Å². The molecule has 0 bridgehead atoms. The monoisotopic (exact) mass is 404 g/mol. The van der Waals surface area contributed by atoms with Gasteiger partial charge >= 0.3 is 0 Å². The largest absolute Gasteiger partial charge is 0.492 e. The fourth-order valence-electron chi connectivity index (χ4n) is 3.84. The van der Waals surface area contributed by atoms with Crippen molar-refractivity contribution >= 4 is 11.6 Å². The number of anilines is 1. The van der Waals surface area contributed by atoms with Crippen molar-refractivity contribution in [3.8, 4) is 11.4 Å². The minimum atomic E-state index is 0.0221. The number of nitrogens with zero attached hydrogens (tertiary/aromatic N) is 4. The van der Waals surface area contributed by atoms with Gasteiger partial charge in [0.1, 0.15) is 11.4 Å². The molecule has 3 aromatic rings. The molecule has 30 heavy (non-hydrogen) atoms. The summed E-state index contributed by atoms with van der Waals surface area (Å²) >= 11 is 0. The summed E-state index contributed by atoms with van der Waals surface area (Å²) in [6, 6.07) is 18.0. The molecule has 0 atom stereocenters. The lowest BCUT2D eigenvalue weighted by Gasteiger charge is -2.36. The van der Waals surface area contributed by atoms with Crippen LogP contribution < -0.4 is 9.64 Å². The Morgan fingerprint density at radius 1 is 1.00 bits per heavy atom. The number of carbonyl (C=O) groups is 1. The number of aromatic nitrogens is 2. The van der Waals surface area contributed by atoms with Crippen molar-refractivity contribution in [1.29, 1.82) is 0 Å². The number of rotatable bonds is 5. The molecule has 1 saturated heterocycles. The first kappa shape index (κ1) is 20.0. The van der Waals surface area contributed by atoms with Crippen LogP contribution in [0.4, 0.5) is 5.69 Å². The second kappa shape index (κ2) is 8.61. The molecule has 0 spiro atoms. The maximum atomic E-state index is 13.3. The number of carbonyl (C=O) groups excluding carboxylic acids is 1. The van der Waals surface area contributed by atoms with Crippen LogP contribution in [0, 0.1) is 13.8 Å². The maximum Gasteiger partial charge on any atom is 0.272 e. The van der Waals surface area contributed by atoms with E-state index >= 15 is 0 Å². The summed E-state index contributed by atoms with van der Waals surface area (Å²) in [5.41, 5.74) is 4.62. The number of para-hydroxylation sites is 2. The third kappa shape index (κ3) is 4.03. The molecule has 1 amide bonds. The number of aryl methyl sites for hydroxylation is 2. The summed E-state index contributed by atoms with van der Waals surface area (Å²) in [6.45, 7) is 9.47. The van der Waals surface area contributed by atoms with Gasteiger partial charge in [-0.05, 0) is 51.1 Å². The van der Waals surface area contributed by atoms with E-state index in [4.69, 9.17) is 4.74 Å². The highest BCUT2D eigenvalue weighted by atomic mass is 16.5. The van der Waals surface area contributed by atoms with E-state index in [1.165, 1.54) is 5.56 Å². The number of hydrogen-bond donors (Lipinski definition) is 0. The molecule has 6 nitrogen and oxygen atoms in total. The molecule has 0 radical (unpaired) electrons. The van der Waals surface area contributed by atoms with E-state index in [2.05, 4.69) is 16.1 Å². The van der Waals surface area contributed by atoms with Crippen molar-refractivity contribution in [2.45, 2.75) is 20.8 Å². The Kier molecular flexibility index (Phi) is 5.74. The SMILES string of the molecule is CCOc1ccccc1N1CCN(C(=O)c2cc(C)nn2-c2ccc(C)cc2)CC1. The van der Waals surface area contributed by atoms with Gasteiger partial charge in [-0.3, -0.25) is 4.79 Å². The van der Waals surface area contributed by atoms with Gasteiger partial charge in [-0.15, -0.1) is 0 Å². The summed E-state index contributed by atoms with van der Waals surface area (Å²) in [5, 5.41) is 4.56. The molecule has 6 heteroatoms. The van der Waals surface area contributed by atoms with Gasteiger partial charge in [-0.2, -0.15) is 5.10 Å². The second-order valence-electron chi connectivity index (χ2n) is 7.60. The lowest BCUT2D eigenvalue weighted by molar-refractivity contribution is 0.0737. The van der Waals surface area contributed by atoms with Crippen LogP contribution in [0.2, 0.25) is 0 Å². The Balaban J connectivity index is 1.50. The summed E-state index contributed by atoms with van der Waals surface area (Å²) in [5.74, 6) is 0.918. The van der Waals surface area contributed by atoms with Crippen LogP contribution in [0.3, 0.4) is 0 Å². The van der Waals surface area contributed by atoms with Crippen molar-refractivity contribution < 1.29 is 9.53 Å². The van der Waals surface area contributed by atoms with E-state index in [9.17, 15) is 4.79 Å². The van der Waals surface area contributed by atoms with E-state index in [-0.39, 0.29) is 5.91 Å². The van der Waals surface area contributed by atoms with Gasteiger partial charge in [-0.1, -0.05) is 29.8 Å². The summed E-state index contributed by atoms with van der Waals surface area (Å²) < 4.78 is 7.53. The van der Waals surface area contributed by atoms with Crippen molar-refractivity contribution in [3.05, 3.63) is 71.5 Å². The van der Waals surface area contributed by atoms with E-state index in [0.717, 1.165) is 35.9 Å². The molecule has 1 aliphatic rings. The van der Waals surface area contributed by atoms with E-state index in [1.807, 2.05) is 74.2 Å². The van der Waals surface area contributed by atoms with Crippen LogP contribution in [0.25, 0.3) is 5.69 Å². The van der Waals surface area contributed by atoms with Crippen molar-refractivity contribution in [3.63, 3.8) is 0 Å². The molecule has 1 aliphatic heterocycles. The molecular weight excluding hydrogens is 376 g/mol. The molecule has 1 fully saturated rings. The maximum absolute atomic E-state index is 13.3. The number of piperazine rings is 1. The molecule has 1 aromatic heterocycles. The molecule has 0 saturated carbocycles. The normalized spacial score (nSPS) is 14.1. The highest BCUT2D eigenvalue weighted by molar-refractivity contribution is 5.93. The average Bonchev–Trinajstić information content (AvgIpc) is 3.16. The van der Waals surface area contributed by atoms with Crippen molar-refractivity contribution in [2.24, 2.45) is 0 Å². The van der Waals surface area contributed by atoms with Crippen LogP contribution in [0.1, 0.15) is 28.7 Å². The van der Waals surface area contributed by atoms with Crippen LogP contribution >= 0.6 is 0 Å². The third-order valence-electron chi connectivity index (χ3n) is 5.40. The first-order valence-corrected chi connectivity index (χ1v) is 10.5. The Bertz CT molecular complexity index is 1020. The number of hydrogen-bond acceptors (Lipinski definition) is 4. The Morgan fingerprint density at radius 3 is 2.40 bits per heavy atom. The highest BCUT2D eigenvalue weighted by Crippen LogP contribution is 2.29. The van der Waals surface area contributed by atoms with Crippen LogP contribution in [0.5, 0.6) is 5.75 Å². The molecule has 156 valence electrons. The van der Waals surface area contributed by atoms with Gasteiger partial charge < -0.3 is 14.5 Å². The molecule has 2 aromatic carbocycles. The number of benzene rings is 2. The van der Waals surface area contributed by atoms with Crippen LogP contribution in [-0.2, 0) is 0 Å². The second-order valence-corrected chi connectivity index (χ2v) is 7.60. The highest BCUT2D eigenvalue weighted by Gasteiger charge is 2.26. The smallest absolute Gasteiger partial charge is 0.272 e. The summed E-state index contributed by atoms with van der Waals surface area (Å²) in [6.07, 6.45) is 0. The Labute approximate surface area is 177 Å². The quantitative estimate of drug-likeness (QED) is 0.648. The Hall–Kier alpha value is -3.28. The minimum Gasteiger partial charge on any atom is -0.492 e.